The predicted octanol–water partition coefficient (Wildman–Crippen LogP) is 3.08. The molecule has 19 heavy (non-hydrogen) atoms. The van der Waals surface area contributed by atoms with Crippen molar-refractivity contribution in [1.82, 2.24) is 5.32 Å². The van der Waals surface area contributed by atoms with E-state index in [-0.39, 0.29) is 16.7 Å². The summed E-state index contributed by atoms with van der Waals surface area (Å²) in [5.41, 5.74) is 5.99. The van der Waals surface area contributed by atoms with Gasteiger partial charge < -0.3 is 11.1 Å². The van der Waals surface area contributed by atoms with E-state index in [2.05, 4.69) is 19.2 Å². The lowest BCUT2D eigenvalue weighted by Crippen LogP contribution is -2.44. The van der Waals surface area contributed by atoms with Crippen molar-refractivity contribution in [3.8, 4) is 0 Å². The lowest BCUT2D eigenvalue weighted by molar-refractivity contribution is -0.123. The monoisotopic (exact) mass is 286 g/mol. The number of thioether (sulfide) groups is 1. The maximum Gasteiger partial charge on any atom is 0.236 e. The number of carbonyl (C=O) groups excluding carboxylic acids is 1. The van der Waals surface area contributed by atoms with Crippen molar-refractivity contribution in [3.05, 3.63) is 0 Å². The third kappa shape index (κ3) is 5.35. The van der Waals surface area contributed by atoms with Gasteiger partial charge in [0.1, 0.15) is 0 Å². The highest BCUT2D eigenvalue weighted by Crippen LogP contribution is 2.38. The number of nitrogens with one attached hydrogen (secondary N) is 1. The minimum atomic E-state index is -0.210. The summed E-state index contributed by atoms with van der Waals surface area (Å²) in [6.45, 7) is 5.05. The van der Waals surface area contributed by atoms with Gasteiger partial charge >= 0.3 is 0 Å². The number of carbonyl (C=O) groups is 1. The van der Waals surface area contributed by atoms with Crippen LogP contribution in [0.5, 0.6) is 0 Å². The Morgan fingerprint density at radius 2 is 1.79 bits per heavy atom. The molecule has 1 amide bonds. The molecule has 4 heteroatoms. The topological polar surface area (TPSA) is 55.1 Å². The molecule has 1 heterocycles. The van der Waals surface area contributed by atoms with E-state index in [0.29, 0.717) is 6.54 Å². The molecule has 1 atom stereocenters. The maximum absolute atomic E-state index is 12.5. The van der Waals surface area contributed by atoms with Crippen molar-refractivity contribution in [1.29, 1.82) is 0 Å². The highest BCUT2D eigenvalue weighted by Gasteiger charge is 2.39. The molecule has 1 rings (SSSR count). The molecule has 0 spiro atoms. The van der Waals surface area contributed by atoms with Gasteiger partial charge in [0.2, 0.25) is 5.91 Å². The summed E-state index contributed by atoms with van der Waals surface area (Å²) in [6, 6.07) is 0.105. The van der Waals surface area contributed by atoms with E-state index in [1.165, 1.54) is 25.7 Å². The smallest absolute Gasteiger partial charge is 0.236 e. The number of rotatable bonds is 8. The third-order valence-corrected chi connectivity index (χ3v) is 5.62. The molecule has 1 fully saturated rings. The van der Waals surface area contributed by atoms with E-state index in [1.54, 1.807) is 0 Å². The number of hydrogen-bond acceptors (Lipinski definition) is 3. The fraction of sp³-hybridized carbons (Fsp3) is 0.933. The van der Waals surface area contributed by atoms with Crippen LogP contribution < -0.4 is 11.1 Å². The fourth-order valence-corrected chi connectivity index (χ4v) is 4.02. The zero-order valence-electron chi connectivity index (χ0n) is 12.5. The summed E-state index contributed by atoms with van der Waals surface area (Å²) in [5, 5.41) is 3.05. The van der Waals surface area contributed by atoms with Crippen LogP contribution in [0.15, 0.2) is 0 Å². The number of amides is 1. The Labute approximate surface area is 122 Å². The van der Waals surface area contributed by atoms with Gasteiger partial charge in [-0.15, -0.1) is 11.8 Å². The molecule has 1 unspecified atom stereocenters. The molecule has 0 aromatic carbocycles. The van der Waals surface area contributed by atoms with Crippen molar-refractivity contribution >= 4 is 17.7 Å². The molecule has 0 saturated carbocycles. The molecule has 1 aliphatic rings. The highest BCUT2D eigenvalue weighted by molar-refractivity contribution is 8.01. The van der Waals surface area contributed by atoms with E-state index >= 15 is 0 Å². The van der Waals surface area contributed by atoms with Gasteiger partial charge in [-0.05, 0) is 12.8 Å². The Hall–Kier alpha value is -0.220. The van der Waals surface area contributed by atoms with Gasteiger partial charge in [0.15, 0.2) is 0 Å². The van der Waals surface area contributed by atoms with Crippen LogP contribution in [0.1, 0.15) is 65.2 Å². The van der Waals surface area contributed by atoms with Crippen LogP contribution in [0.25, 0.3) is 0 Å². The predicted molar refractivity (Wildman–Crippen MR) is 84.5 cm³/mol. The van der Waals surface area contributed by atoms with E-state index in [1.807, 2.05) is 11.8 Å². The Bertz CT molecular complexity index is 261. The Balaban J connectivity index is 2.66. The summed E-state index contributed by atoms with van der Waals surface area (Å²) in [7, 11) is 0. The Morgan fingerprint density at radius 3 is 2.32 bits per heavy atom. The molecule has 3 nitrogen and oxygen atoms in total. The molecule has 0 aromatic rings. The normalized spacial score (nSPS) is 22.9. The second-order valence-corrected chi connectivity index (χ2v) is 7.09. The molecule has 1 saturated heterocycles. The van der Waals surface area contributed by atoms with E-state index in [4.69, 9.17) is 5.73 Å². The van der Waals surface area contributed by atoms with Gasteiger partial charge in [-0.3, -0.25) is 4.79 Å². The zero-order chi connectivity index (χ0) is 14.1. The fourth-order valence-electron chi connectivity index (χ4n) is 2.59. The first-order valence-corrected chi connectivity index (χ1v) is 8.81. The minimum Gasteiger partial charge on any atom is -0.353 e. The lowest BCUT2D eigenvalue weighted by Gasteiger charge is -2.30. The first-order chi connectivity index (χ1) is 9.14. The Kier molecular flexibility index (Phi) is 7.84. The summed E-state index contributed by atoms with van der Waals surface area (Å²) < 4.78 is -0.210. The molecule has 112 valence electrons. The molecule has 0 radical (unpaired) electrons. The van der Waals surface area contributed by atoms with Gasteiger partial charge in [-0.2, -0.15) is 0 Å². The number of unbranched alkanes of at least 4 members (excludes halogenated alkanes) is 4. The first kappa shape index (κ1) is 16.8. The molecule has 3 N–H and O–H groups in total. The summed E-state index contributed by atoms with van der Waals surface area (Å²) in [5.74, 6) is 1.13. The van der Waals surface area contributed by atoms with Crippen LogP contribution in [-0.2, 0) is 4.79 Å². The van der Waals surface area contributed by atoms with Crippen LogP contribution in [-0.4, -0.2) is 29.0 Å². The largest absolute Gasteiger partial charge is 0.353 e. The summed E-state index contributed by atoms with van der Waals surface area (Å²) >= 11 is 1.81. The molecular weight excluding hydrogens is 256 g/mol. The summed E-state index contributed by atoms with van der Waals surface area (Å²) in [4.78, 5) is 12.5. The van der Waals surface area contributed by atoms with Gasteiger partial charge in [0.25, 0.3) is 0 Å². The quantitative estimate of drug-likeness (QED) is 0.674. The van der Waals surface area contributed by atoms with Crippen molar-refractivity contribution in [3.63, 3.8) is 0 Å². The van der Waals surface area contributed by atoms with Gasteiger partial charge in [0, 0.05) is 18.3 Å². The standard InChI is InChI=1S/C15H30N2OS/c1-3-5-7-9-15(10-8-6-4-2)14(18)17-11-13(16)12-19-15/h13H,3-12,16H2,1-2H3,(H,17,18). The average Bonchev–Trinajstić information content (AvgIpc) is 2.54. The van der Waals surface area contributed by atoms with Gasteiger partial charge in [0.05, 0.1) is 4.75 Å². The van der Waals surface area contributed by atoms with Crippen molar-refractivity contribution in [2.45, 2.75) is 76.0 Å². The summed E-state index contributed by atoms with van der Waals surface area (Å²) in [6.07, 6.45) is 9.16. The van der Waals surface area contributed by atoms with Crippen LogP contribution in [0.4, 0.5) is 0 Å². The number of hydrogen-bond donors (Lipinski definition) is 2. The van der Waals surface area contributed by atoms with Crippen LogP contribution in [0, 0.1) is 0 Å². The number of nitrogens with two attached hydrogens (primary N) is 1. The van der Waals surface area contributed by atoms with Crippen LogP contribution in [0.3, 0.4) is 0 Å². The van der Waals surface area contributed by atoms with E-state index in [9.17, 15) is 4.79 Å². The molecule has 0 aliphatic carbocycles. The van der Waals surface area contributed by atoms with Crippen molar-refractivity contribution in [2.24, 2.45) is 5.73 Å². The Morgan fingerprint density at radius 1 is 1.21 bits per heavy atom. The van der Waals surface area contributed by atoms with Gasteiger partial charge in [-0.1, -0.05) is 52.4 Å². The third-order valence-electron chi connectivity index (χ3n) is 3.88. The van der Waals surface area contributed by atoms with Crippen molar-refractivity contribution in [2.75, 3.05) is 12.3 Å². The lowest BCUT2D eigenvalue weighted by atomic mass is 9.93. The van der Waals surface area contributed by atoms with Crippen molar-refractivity contribution < 1.29 is 4.79 Å². The second-order valence-electron chi connectivity index (χ2n) is 5.69. The van der Waals surface area contributed by atoms with E-state index < -0.39 is 0 Å². The molecule has 0 aromatic heterocycles. The van der Waals surface area contributed by atoms with Crippen LogP contribution in [0.2, 0.25) is 0 Å². The van der Waals surface area contributed by atoms with E-state index in [0.717, 1.165) is 31.4 Å². The SMILES string of the molecule is CCCCCC1(CCCCC)SCC(N)CNC1=O. The van der Waals surface area contributed by atoms with Crippen LogP contribution >= 0.6 is 11.8 Å². The molecular formula is C15H30N2OS. The highest BCUT2D eigenvalue weighted by atomic mass is 32.2. The maximum atomic E-state index is 12.5. The zero-order valence-corrected chi connectivity index (χ0v) is 13.4. The first-order valence-electron chi connectivity index (χ1n) is 7.82. The average molecular weight is 286 g/mol. The van der Waals surface area contributed by atoms with Gasteiger partial charge in [-0.25, -0.2) is 0 Å². The second kappa shape index (κ2) is 8.85. The molecule has 1 aliphatic heterocycles. The molecule has 0 bridgehead atoms. The minimum absolute atomic E-state index is 0.105.